The van der Waals surface area contributed by atoms with E-state index in [1.54, 1.807) is 10.6 Å². The van der Waals surface area contributed by atoms with Crippen molar-refractivity contribution in [1.29, 1.82) is 0 Å². The summed E-state index contributed by atoms with van der Waals surface area (Å²) in [7, 11) is 0. The summed E-state index contributed by atoms with van der Waals surface area (Å²) in [6, 6.07) is 0.412. The van der Waals surface area contributed by atoms with E-state index < -0.39 is 5.97 Å². The number of nitrogens with zero attached hydrogens (tertiary/aromatic N) is 4. The highest BCUT2D eigenvalue weighted by atomic mass is 32.1. The normalized spacial score (nSPS) is 20.7. The molecule has 1 unspecified atom stereocenters. The molecule has 1 aliphatic rings. The number of imidazole rings is 1. The molecule has 0 aliphatic carbocycles. The lowest BCUT2D eigenvalue weighted by Crippen LogP contribution is -2.52. The van der Waals surface area contributed by atoms with Gasteiger partial charge in [-0.05, 0) is 13.5 Å². The SMILES string of the molecule is CCN1CCN(c2nc3sccn3c2C(=O)O)CC1C. The largest absolute Gasteiger partial charge is 0.476 e. The quantitative estimate of drug-likeness (QED) is 0.932. The lowest BCUT2D eigenvalue weighted by molar-refractivity contribution is 0.0689. The van der Waals surface area contributed by atoms with Crippen LogP contribution in [0.15, 0.2) is 11.6 Å². The molecule has 20 heavy (non-hydrogen) atoms. The van der Waals surface area contributed by atoms with Crippen molar-refractivity contribution in [1.82, 2.24) is 14.3 Å². The summed E-state index contributed by atoms with van der Waals surface area (Å²) in [6.45, 7) is 7.94. The van der Waals surface area contributed by atoms with Crippen LogP contribution in [0.25, 0.3) is 4.96 Å². The highest BCUT2D eigenvalue weighted by Gasteiger charge is 2.29. The first-order valence-electron chi connectivity index (χ1n) is 6.79. The minimum atomic E-state index is -0.920. The minimum absolute atomic E-state index is 0.276. The van der Waals surface area contributed by atoms with Crippen LogP contribution >= 0.6 is 11.3 Å². The molecule has 3 heterocycles. The van der Waals surface area contributed by atoms with E-state index in [1.165, 1.54) is 11.3 Å². The Bertz CT molecular complexity index is 635. The number of rotatable bonds is 3. The maximum atomic E-state index is 11.5. The summed E-state index contributed by atoms with van der Waals surface area (Å²) in [5.41, 5.74) is 0.276. The fourth-order valence-corrected chi connectivity index (χ4v) is 3.56. The van der Waals surface area contributed by atoms with Crippen LogP contribution in [0.3, 0.4) is 0 Å². The van der Waals surface area contributed by atoms with Gasteiger partial charge in [0.25, 0.3) is 0 Å². The van der Waals surface area contributed by atoms with E-state index in [0.29, 0.717) is 11.9 Å². The number of hydrogen-bond donors (Lipinski definition) is 1. The third-order valence-corrected chi connectivity index (χ3v) is 4.67. The van der Waals surface area contributed by atoms with Crippen molar-refractivity contribution < 1.29 is 9.90 Å². The van der Waals surface area contributed by atoms with Gasteiger partial charge in [0, 0.05) is 37.3 Å². The molecular weight excluding hydrogens is 276 g/mol. The Morgan fingerprint density at radius 1 is 1.55 bits per heavy atom. The van der Waals surface area contributed by atoms with E-state index in [9.17, 15) is 9.90 Å². The fourth-order valence-electron chi connectivity index (χ4n) is 2.85. The van der Waals surface area contributed by atoms with Crippen LogP contribution in [0.2, 0.25) is 0 Å². The molecule has 1 fully saturated rings. The summed E-state index contributed by atoms with van der Waals surface area (Å²) >= 11 is 1.46. The number of fused-ring (bicyclic) bond motifs is 1. The number of carboxylic acids is 1. The lowest BCUT2D eigenvalue weighted by Gasteiger charge is -2.39. The third-order valence-electron chi connectivity index (χ3n) is 3.92. The van der Waals surface area contributed by atoms with Crippen molar-refractivity contribution in [3.8, 4) is 0 Å². The minimum Gasteiger partial charge on any atom is -0.476 e. The summed E-state index contributed by atoms with van der Waals surface area (Å²) in [4.78, 5) is 21.3. The monoisotopic (exact) mass is 294 g/mol. The van der Waals surface area contributed by atoms with Gasteiger partial charge >= 0.3 is 5.97 Å². The Labute approximate surface area is 121 Å². The van der Waals surface area contributed by atoms with Crippen LogP contribution in [0, 0.1) is 0 Å². The fraction of sp³-hybridized carbons (Fsp3) is 0.538. The summed E-state index contributed by atoms with van der Waals surface area (Å²) in [6.07, 6.45) is 1.77. The van der Waals surface area contributed by atoms with Crippen molar-refractivity contribution >= 4 is 28.1 Å². The van der Waals surface area contributed by atoms with E-state index in [2.05, 4.69) is 28.6 Å². The predicted molar refractivity (Wildman–Crippen MR) is 79.0 cm³/mol. The van der Waals surface area contributed by atoms with Gasteiger partial charge in [-0.25, -0.2) is 9.78 Å². The highest BCUT2D eigenvalue weighted by molar-refractivity contribution is 7.15. The second-order valence-corrected chi connectivity index (χ2v) is 5.94. The molecule has 0 amide bonds. The molecular formula is C13H18N4O2S. The third kappa shape index (κ3) is 2.06. The zero-order valence-electron chi connectivity index (χ0n) is 11.6. The number of piperazine rings is 1. The van der Waals surface area contributed by atoms with Gasteiger partial charge in [-0.1, -0.05) is 6.92 Å². The van der Waals surface area contributed by atoms with Gasteiger partial charge in [-0.2, -0.15) is 0 Å². The van der Waals surface area contributed by atoms with Crippen LogP contribution in [-0.4, -0.2) is 57.6 Å². The van der Waals surface area contributed by atoms with Gasteiger partial charge in [-0.15, -0.1) is 11.3 Å². The Hall–Kier alpha value is -1.60. The zero-order valence-corrected chi connectivity index (χ0v) is 12.4. The number of likely N-dealkylation sites (N-methyl/N-ethyl adjacent to an activating group) is 1. The van der Waals surface area contributed by atoms with E-state index in [-0.39, 0.29) is 5.69 Å². The molecule has 0 spiro atoms. The first-order chi connectivity index (χ1) is 9.61. The van der Waals surface area contributed by atoms with Gasteiger partial charge in [0.05, 0.1) is 0 Å². The van der Waals surface area contributed by atoms with E-state index >= 15 is 0 Å². The Balaban J connectivity index is 1.96. The van der Waals surface area contributed by atoms with Gasteiger partial charge in [0.1, 0.15) is 0 Å². The Morgan fingerprint density at radius 3 is 3.00 bits per heavy atom. The summed E-state index contributed by atoms with van der Waals surface area (Å²) < 4.78 is 1.67. The molecule has 2 aromatic heterocycles. The second kappa shape index (κ2) is 5.06. The van der Waals surface area contributed by atoms with E-state index in [0.717, 1.165) is 31.1 Å². The first-order valence-corrected chi connectivity index (χ1v) is 7.67. The van der Waals surface area contributed by atoms with Gasteiger partial charge in [0.15, 0.2) is 16.5 Å². The topological polar surface area (TPSA) is 61.1 Å². The number of hydrogen-bond acceptors (Lipinski definition) is 5. The van der Waals surface area contributed by atoms with Crippen molar-refractivity contribution in [3.05, 3.63) is 17.3 Å². The number of thiazole rings is 1. The number of carbonyl (C=O) groups is 1. The lowest BCUT2D eigenvalue weighted by atomic mass is 10.2. The van der Waals surface area contributed by atoms with Gasteiger partial charge < -0.3 is 10.0 Å². The number of aromatic nitrogens is 2. The standard InChI is InChI=1S/C13H18N4O2S/c1-3-15-4-5-16(8-9(15)2)11-10(12(18)19)17-6-7-20-13(17)14-11/h6-7,9H,3-5,8H2,1-2H3,(H,18,19). The predicted octanol–water partition coefficient (Wildman–Crippen LogP) is 1.62. The van der Waals surface area contributed by atoms with Crippen LogP contribution in [0.1, 0.15) is 24.3 Å². The van der Waals surface area contributed by atoms with Crippen LogP contribution in [0.5, 0.6) is 0 Å². The van der Waals surface area contributed by atoms with E-state index in [4.69, 9.17) is 0 Å². The number of carboxylic acid groups (broad SMARTS) is 1. The molecule has 1 aliphatic heterocycles. The smallest absolute Gasteiger partial charge is 0.356 e. The van der Waals surface area contributed by atoms with E-state index in [1.807, 2.05) is 5.38 Å². The van der Waals surface area contributed by atoms with Gasteiger partial charge in [0.2, 0.25) is 0 Å². The summed E-state index contributed by atoms with van der Waals surface area (Å²) in [5.74, 6) is -0.316. The molecule has 0 saturated carbocycles. The Morgan fingerprint density at radius 2 is 2.35 bits per heavy atom. The maximum absolute atomic E-state index is 11.5. The van der Waals surface area contributed by atoms with Crippen LogP contribution in [-0.2, 0) is 0 Å². The number of anilines is 1. The average Bonchev–Trinajstić information content (AvgIpc) is 2.97. The maximum Gasteiger partial charge on any atom is 0.356 e. The Kier molecular flexibility index (Phi) is 3.39. The zero-order chi connectivity index (χ0) is 14.3. The highest BCUT2D eigenvalue weighted by Crippen LogP contribution is 2.26. The summed E-state index contributed by atoms with van der Waals surface area (Å²) in [5, 5.41) is 11.3. The first kappa shape index (κ1) is 13.4. The molecule has 1 N–H and O–H groups in total. The van der Waals surface area contributed by atoms with Crippen LogP contribution in [0.4, 0.5) is 5.82 Å². The molecule has 3 rings (SSSR count). The number of aromatic carboxylic acids is 1. The molecule has 2 aromatic rings. The molecule has 6 nitrogen and oxygen atoms in total. The molecule has 108 valence electrons. The van der Waals surface area contributed by atoms with Crippen molar-refractivity contribution in [2.75, 3.05) is 31.1 Å². The van der Waals surface area contributed by atoms with Crippen molar-refractivity contribution in [2.24, 2.45) is 0 Å². The molecule has 1 atom stereocenters. The molecule has 0 aromatic carbocycles. The molecule has 0 bridgehead atoms. The van der Waals surface area contributed by atoms with Crippen molar-refractivity contribution in [2.45, 2.75) is 19.9 Å². The molecule has 0 radical (unpaired) electrons. The average molecular weight is 294 g/mol. The second-order valence-electron chi connectivity index (χ2n) is 5.07. The molecule has 7 heteroatoms. The van der Waals surface area contributed by atoms with Gasteiger partial charge in [-0.3, -0.25) is 9.30 Å². The van der Waals surface area contributed by atoms with Crippen LogP contribution < -0.4 is 4.90 Å². The molecule has 1 saturated heterocycles. The van der Waals surface area contributed by atoms with Crippen molar-refractivity contribution in [3.63, 3.8) is 0 Å².